The highest BCUT2D eigenvalue weighted by molar-refractivity contribution is 5.80. The number of nitrogens with two attached hydrogens (primary N) is 1. The first-order valence-corrected chi connectivity index (χ1v) is 5.24. The molecule has 0 heterocycles. The first-order chi connectivity index (χ1) is 6.74. The number of aliphatic imine (C=N–C) groups is 1. The molecule has 14 heavy (non-hydrogen) atoms. The summed E-state index contributed by atoms with van der Waals surface area (Å²) in [6.45, 7) is 8.76. The summed E-state index contributed by atoms with van der Waals surface area (Å²) in [5.74, 6) is 0.731. The Bertz CT molecular complexity index is 155. The van der Waals surface area contributed by atoms with Crippen molar-refractivity contribution in [1.82, 2.24) is 4.90 Å². The van der Waals surface area contributed by atoms with Crippen LogP contribution in [-0.2, 0) is 4.74 Å². The number of ether oxygens (including phenoxy) is 1. The molecule has 0 spiro atoms. The maximum absolute atomic E-state index is 5.74. The van der Waals surface area contributed by atoms with E-state index in [2.05, 4.69) is 23.7 Å². The summed E-state index contributed by atoms with van der Waals surface area (Å²) in [5.41, 5.74) is 5.74. The van der Waals surface area contributed by atoms with Gasteiger partial charge in [-0.3, -0.25) is 4.99 Å². The van der Waals surface area contributed by atoms with Crippen molar-refractivity contribution >= 4 is 5.84 Å². The van der Waals surface area contributed by atoms with Crippen LogP contribution in [0.15, 0.2) is 4.99 Å². The van der Waals surface area contributed by atoms with E-state index in [0.717, 1.165) is 31.9 Å². The average molecular weight is 201 g/mol. The maximum atomic E-state index is 5.74. The molecule has 0 bridgehead atoms. The van der Waals surface area contributed by atoms with E-state index in [9.17, 15) is 0 Å². The van der Waals surface area contributed by atoms with Crippen LogP contribution in [0.4, 0.5) is 0 Å². The van der Waals surface area contributed by atoms with Crippen LogP contribution in [0.2, 0.25) is 0 Å². The number of hydrogen-bond acceptors (Lipinski definition) is 3. The van der Waals surface area contributed by atoms with E-state index in [1.807, 2.05) is 0 Å². The highest BCUT2D eigenvalue weighted by Gasteiger charge is 1.99. The van der Waals surface area contributed by atoms with Gasteiger partial charge < -0.3 is 15.4 Å². The van der Waals surface area contributed by atoms with Gasteiger partial charge in [0.25, 0.3) is 0 Å². The number of nitrogens with zero attached hydrogens (tertiary/aromatic N) is 2. The fourth-order valence-corrected chi connectivity index (χ4v) is 1.17. The summed E-state index contributed by atoms with van der Waals surface area (Å²) in [6.07, 6.45) is 0.853. The van der Waals surface area contributed by atoms with Crippen molar-refractivity contribution in [3.8, 4) is 0 Å². The Morgan fingerprint density at radius 3 is 2.50 bits per heavy atom. The van der Waals surface area contributed by atoms with Crippen molar-refractivity contribution < 1.29 is 4.74 Å². The summed E-state index contributed by atoms with van der Waals surface area (Å²) in [6, 6.07) is 0. The average Bonchev–Trinajstić information content (AvgIpc) is 2.20. The molecule has 0 aromatic heterocycles. The van der Waals surface area contributed by atoms with Crippen LogP contribution in [0.5, 0.6) is 0 Å². The predicted octanol–water partition coefficient (Wildman–Crippen LogP) is 0.722. The Balaban J connectivity index is 3.60. The number of hydrogen-bond donors (Lipinski definition) is 1. The molecule has 0 aromatic rings. The van der Waals surface area contributed by atoms with Crippen molar-refractivity contribution in [1.29, 1.82) is 0 Å². The van der Waals surface area contributed by atoms with Crippen LogP contribution < -0.4 is 5.73 Å². The Kier molecular flexibility index (Phi) is 8.57. The van der Waals surface area contributed by atoms with E-state index in [4.69, 9.17) is 10.5 Å². The summed E-state index contributed by atoms with van der Waals surface area (Å²) in [7, 11) is 1.67. The summed E-state index contributed by atoms with van der Waals surface area (Å²) in [5, 5.41) is 0. The van der Waals surface area contributed by atoms with Crippen LogP contribution in [0, 0.1) is 0 Å². The van der Waals surface area contributed by atoms with Gasteiger partial charge in [-0.1, -0.05) is 13.8 Å². The smallest absolute Gasteiger partial charge is 0.0950 e. The van der Waals surface area contributed by atoms with E-state index >= 15 is 0 Å². The zero-order valence-corrected chi connectivity index (χ0v) is 9.62. The molecule has 0 aliphatic carbocycles. The molecule has 0 saturated carbocycles. The van der Waals surface area contributed by atoms with Gasteiger partial charge in [0, 0.05) is 20.1 Å². The van der Waals surface area contributed by atoms with Crippen molar-refractivity contribution in [2.24, 2.45) is 10.7 Å². The van der Waals surface area contributed by atoms with E-state index in [1.165, 1.54) is 0 Å². The molecule has 0 rings (SSSR count). The van der Waals surface area contributed by atoms with Crippen LogP contribution in [0.25, 0.3) is 0 Å². The molecular weight excluding hydrogens is 178 g/mol. The molecule has 2 N–H and O–H groups in total. The third-order valence-corrected chi connectivity index (χ3v) is 2.19. The molecule has 84 valence electrons. The minimum absolute atomic E-state index is 0.645. The summed E-state index contributed by atoms with van der Waals surface area (Å²) >= 11 is 0. The molecule has 0 fully saturated rings. The fourth-order valence-electron chi connectivity index (χ4n) is 1.17. The minimum atomic E-state index is 0.645. The van der Waals surface area contributed by atoms with E-state index in [-0.39, 0.29) is 0 Å². The lowest BCUT2D eigenvalue weighted by molar-refractivity contribution is 0.208. The molecule has 0 saturated heterocycles. The molecule has 0 unspecified atom stereocenters. The van der Waals surface area contributed by atoms with Crippen LogP contribution in [-0.4, -0.2) is 50.6 Å². The number of amidine groups is 1. The highest BCUT2D eigenvalue weighted by Crippen LogP contribution is 1.90. The normalized spacial score (nSPS) is 12.4. The number of methoxy groups -OCH3 is 1. The van der Waals surface area contributed by atoms with E-state index < -0.39 is 0 Å². The van der Waals surface area contributed by atoms with Crippen molar-refractivity contribution in [3.05, 3.63) is 0 Å². The van der Waals surface area contributed by atoms with Gasteiger partial charge in [-0.15, -0.1) is 0 Å². The number of rotatable bonds is 8. The fraction of sp³-hybridized carbons (Fsp3) is 0.900. The largest absolute Gasteiger partial charge is 0.387 e. The Morgan fingerprint density at radius 2 is 2.00 bits per heavy atom. The first kappa shape index (κ1) is 13.4. The molecule has 0 aliphatic heterocycles. The van der Waals surface area contributed by atoms with Crippen molar-refractivity contribution in [2.75, 3.05) is 39.9 Å². The van der Waals surface area contributed by atoms with Gasteiger partial charge in [0.1, 0.15) is 0 Å². The third-order valence-electron chi connectivity index (χ3n) is 2.19. The Hall–Kier alpha value is -0.610. The highest BCUT2D eigenvalue weighted by atomic mass is 16.5. The van der Waals surface area contributed by atoms with Crippen molar-refractivity contribution in [2.45, 2.75) is 20.3 Å². The summed E-state index contributed by atoms with van der Waals surface area (Å²) < 4.78 is 4.89. The predicted molar refractivity (Wildman–Crippen MR) is 60.8 cm³/mol. The maximum Gasteiger partial charge on any atom is 0.0950 e. The van der Waals surface area contributed by atoms with Gasteiger partial charge in [-0.25, -0.2) is 0 Å². The monoisotopic (exact) mass is 201 g/mol. The third kappa shape index (κ3) is 6.86. The molecule has 0 aliphatic rings. The van der Waals surface area contributed by atoms with E-state index in [1.54, 1.807) is 7.11 Å². The lowest BCUT2D eigenvalue weighted by Crippen LogP contribution is -2.28. The SMILES string of the molecule is CCN(CC)CCC(N)=NCCOC. The molecule has 4 nitrogen and oxygen atoms in total. The standard InChI is InChI=1S/C10H23N3O/c1-4-13(5-2)8-6-10(11)12-7-9-14-3/h4-9H2,1-3H3,(H2,11,12). The lowest BCUT2D eigenvalue weighted by atomic mass is 10.3. The zero-order valence-electron chi connectivity index (χ0n) is 9.62. The van der Waals surface area contributed by atoms with E-state index in [0.29, 0.717) is 13.2 Å². The van der Waals surface area contributed by atoms with Crippen LogP contribution in [0.3, 0.4) is 0 Å². The quantitative estimate of drug-likeness (QED) is 0.358. The van der Waals surface area contributed by atoms with Gasteiger partial charge in [0.15, 0.2) is 0 Å². The molecular formula is C10H23N3O. The Labute approximate surface area is 87.1 Å². The second-order valence-electron chi connectivity index (χ2n) is 3.14. The van der Waals surface area contributed by atoms with Crippen LogP contribution in [0.1, 0.15) is 20.3 Å². The molecule has 4 heteroatoms. The zero-order chi connectivity index (χ0) is 10.8. The van der Waals surface area contributed by atoms with Gasteiger partial charge in [0.2, 0.25) is 0 Å². The molecule has 0 atom stereocenters. The molecule has 0 radical (unpaired) electrons. The molecule has 0 aromatic carbocycles. The molecule has 0 amide bonds. The van der Waals surface area contributed by atoms with Crippen LogP contribution >= 0.6 is 0 Å². The first-order valence-electron chi connectivity index (χ1n) is 5.24. The van der Waals surface area contributed by atoms with Crippen molar-refractivity contribution in [3.63, 3.8) is 0 Å². The topological polar surface area (TPSA) is 50.8 Å². The van der Waals surface area contributed by atoms with Gasteiger partial charge in [-0.2, -0.15) is 0 Å². The van der Waals surface area contributed by atoms with Gasteiger partial charge in [0.05, 0.1) is 19.0 Å². The summed E-state index contributed by atoms with van der Waals surface area (Å²) in [4.78, 5) is 6.53. The minimum Gasteiger partial charge on any atom is -0.387 e. The van der Waals surface area contributed by atoms with Gasteiger partial charge in [-0.05, 0) is 13.1 Å². The van der Waals surface area contributed by atoms with Gasteiger partial charge >= 0.3 is 0 Å². The second-order valence-corrected chi connectivity index (χ2v) is 3.14. The second kappa shape index (κ2) is 8.97. The lowest BCUT2D eigenvalue weighted by Gasteiger charge is -2.17. The Morgan fingerprint density at radius 1 is 1.36 bits per heavy atom.